The zero-order chi connectivity index (χ0) is 20.3. The van der Waals surface area contributed by atoms with Crippen LogP contribution in [0.25, 0.3) is 0 Å². The number of amides is 1. The second-order valence-electron chi connectivity index (χ2n) is 6.60. The lowest BCUT2D eigenvalue weighted by Crippen LogP contribution is -2.45. The molecule has 1 fully saturated rings. The average Bonchev–Trinajstić information content (AvgIpc) is 2.65. The van der Waals surface area contributed by atoms with E-state index in [1.54, 1.807) is 0 Å². The van der Waals surface area contributed by atoms with Crippen molar-refractivity contribution in [2.24, 2.45) is 0 Å². The van der Waals surface area contributed by atoms with Crippen LogP contribution in [0.4, 0.5) is 18.9 Å². The van der Waals surface area contributed by atoms with Gasteiger partial charge in [-0.05, 0) is 49.2 Å². The molecule has 1 saturated heterocycles. The van der Waals surface area contributed by atoms with Gasteiger partial charge in [0.05, 0.1) is 10.6 Å². The zero-order valence-electron chi connectivity index (χ0n) is 14.9. The number of nitrogens with one attached hydrogen (secondary N) is 1. The van der Waals surface area contributed by atoms with Gasteiger partial charge in [0.1, 0.15) is 17.5 Å². The summed E-state index contributed by atoms with van der Waals surface area (Å²) in [7, 11) is -3.90. The quantitative estimate of drug-likeness (QED) is 0.815. The van der Waals surface area contributed by atoms with Crippen LogP contribution in [0.15, 0.2) is 47.4 Å². The van der Waals surface area contributed by atoms with Crippen LogP contribution in [-0.2, 0) is 14.8 Å². The Balaban J connectivity index is 1.75. The van der Waals surface area contributed by atoms with E-state index in [-0.39, 0.29) is 23.5 Å². The summed E-state index contributed by atoms with van der Waals surface area (Å²) in [5.41, 5.74) is -0.171. The molecule has 3 rings (SSSR count). The lowest BCUT2D eigenvalue weighted by atomic mass is 10.0. The molecular weight excluding hydrogens is 393 g/mol. The summed E-state index contributed by atoms with van der Waals surface area (Å²) in [5, 5.41) is 2.35. The highest BCUT2D eigenvalue weighted by atomic mass is 32.2. The third-order valence-electron chi connectivity index (χ3n) is 4.62. The van der Waals surface area contributed by atoms with Crippen LogP contribution in [0.5, 0.6) is 0 Å². The van der Waals surface area contributed by atoms with Gasteiger partial charge in [0.2, 0.25) is 15.9 Å². The summed E-state index contributed by atoms with van der Waals surface area (Å²) in [6, 6.07) is 6.68. The van der Waals surface area contributed by atoms with Crippen LogP contribution in [-0.4, -0.2) is 31.2 Å². The maximum Gasteiger partial charge on any atom is 0.243 e. The van der Waals surface area contributed by atoms with E-state index in [0.717, 1.165) is 30.7 Å². The van der Waals surface area contributed by atoms with E-state index in [2.05, 4.69) is 5.32 Å². The topological polar surface area (TPSA) is 66.5 Å². The fourth-order valence-electron chi connectivity index (χ4n) is 3.24. The second kappa shape index (κ2) is 8.32. The van der Waals surface area contributed by atoms with Crippen molar-refractivity contribution in [2.75, 3.05) is 11.9 Å². The number of nitrogens with zero attached hydrogens (tertiary/aromatic N) is 1. The predicted molar refractivity (Wildman–Crippen MR) is 97.5 cm³/mol. The van der Waals surface area contributed by atoms with Crippen molar-refractivity contribution in [3.8, 4) is 0 Å². The summed E-state index contributed by atoms with van der Waals surface area (Å²) < 4.78 is 66.9. The minimum Gasteiger partial charge on any atom is -0.324 e. The van der Waals surface area contributed by atoms with E-state index in [9.17, 15) is 26.4 Å². The Kier molecular flexibility index (Phi) is 6.04. The second-order valence-corrected chi connectivity index (χ2v) is 8.49. The number of carbonyl (C=O) groups is 1. The summed E-state index contributed by atoms with van der Waals surface area (Å²) in [5.74, 6) is -2.79. The molecule has 2 aromatic carbocycles. The summed E-state index contributed by atoms with van der Waals surface area (Å²) in [4.78, 5) is 12.3. The van der Waals surface area contributed by atoms with Crippen molar-refractivity contribution >= 4 is 21.6 Å². The first-order valence-electron chi connectivity index (χ1n) is 8.79. The SMILES string of the molecule is O=C(C[C@H]1CCCCN1S(=O)(=O)c1ccc(F)cc1)Nc1ccc(F)cc1F. The van der Waals surface area contributed by atoms with Crippen molar-refractivity contribution in [2.45, 2.75) is 36.6 Å². The Morgan fingerprint density at radius 3 is 2.39 bits per heavy atom. The van der Waals surface area contributed by atoms with Crippen molar-refractivity contribution in [3.63, 3.8) is 0 Å². The van der Waals surface area contributed by atoms with Gasteiger partial charge in [-0.3, -0.25) is 4.79 Å². The maximum absolute atomic E-state index is 13.7. The van der Waals surface area contributed by atoms with Gasteiger partial charge in [-0.25, -0.2) is 21.6 Å². The molecule has 1 heterocycles. The molecule has 1 N–H and O–H groups in total. The van der Waals surface area contributed by atoms with Crippen LogP contribution < -0.4 is 5.32 Å². The Morgan fingerprint density at radius 2 is 1.71 bits per heavy atom. The Morgan fingerprint density at radius 1 is 1.04 bits per heavy atom. The normalized spacial score (nSPS) is 18.0. The molecule has 0 aromatic heterocycles. The lowest BCUT2D eigenvalue weighted by molar-refractivity contribution is -0.117. The van der Waals surface area contributed by atoms with Gasteiger partial charge in [0, 0.05) is 25.1 Å². The number of sulfonamides is 1. The first-order chi connectivity index (χ1) is 13.3. The first kappa shape index (κ1) is 20.3. The molecule has 0 saturated carbocycles. The van der Waals surface area contributed by atoms with Gasteiger partial charge in [-0.15, -0.1) is 0 Å². The number of anilines is 1. The highest BCUT2D eigenvalue weighted by Crippen LogP contribution is 2.28. The van der Waals surface area contributed by atoms with Crippen molar-refractivity contribution in [1.29, 1.82) is 0 Å². The highest BCUT2D eigenvalue weighted by molar-refractivity contribution is 7.89. The third-order valence-corrected chi connectivity index (χ3v) is 6.59. The minimum atomic E-state index is -3.90. The maximum atomic E-state index is 13.7. The van der Waals surface area contributed by atoms with E-state index in [4.69, 9.17) is 0 Å². The van der Waals surface area contributed by atoms with Crippen molar-refractivity contribution in [1.82, 2.24) is 4.31 Å². The largest absolute Gasteiger partial charge is 0.324 e. The van der Waals surface area contributed by atoms with Gasteiger partial charge in [0.15, 0.2) is 0 Å². The average molecular weight is 412 g/mol. The van der Waals surface area contributed by atoms with E-state index in [0.29, 0.717) is 18.9 Å². The number of hydrogen-bond donors (Lipinski definition) is 1. The summed E-state index contributed by atoms with van der Waals surface area (Å²) >= 11 is 0. The molecule has 0 bridgehead atoms. The number of rotatable bonds is 5. The minimum absolute atomic E-state index is 0.0502. The van der Waals surface area contributed by atoms with Gasteiger partial charge in [-0.2, -0.15) is 4.31 Å². The van der Waals surface area contributed by atoms with Crippen LogP contribution >= 0.6 is 0 Å². The molecule has 1 aliphatic rings. The highest BCUT2D eigenvalue weighted by Gasteiger charge is 2.34. The molecule has 5 nitrogen and oxygen atoms in total. The molecule has 28 heavy (non-hydrogen) atoms. The molecule has 0 aliphatic carbocycles. The fourth-order valence-corrected chi connectivity index (χ4v) is 4.94. The molecule has 1 amide bonds. The smallest absolute Gasteiger partial charge is 0.243 e. The van der Waals surface area contributed by atoms with Crippen LogP contribution in [0.3, 0.4) is 0 Å². The zero-order valence-corrected chi connectivity index (χ0v) is 15.7. The Labute approximate surface area is 161 Å². The van der Waals surface area contributed by atoms with Gasteiger partial charge < -0.3 is 5.32 Å². The molecule has 150 valence electrons. The summed E-state index contributed by atoms with van der Waals surface area (Å²) in [6.45, 7) is 0.239. The Bertz CT molecular complexity index is 965. The fraction of sp³-hybridized carbons (Fsp3) is 0.316. The van der Waals surface area contributed by atoms with E-state index in [1.807, 2.05) is 0 Å². The predicted octanol–water partition coefficient (Wildman–Crippen LogP) is 3.68. The van der Waals surface area contributed by atoms with Crippen LogP contribution in [0.1, 0.15) is 25.7 Å². The lowest BCUT2D eigenvalue weighted by Gasteiger charge is -2.34. The number of hydrogen-bond acceptors (Lipinski definition) is 3. The molecule has 0 spiro atoms. The molecular formula is C19H19F3N2O3S. The van der Waals surface area contributed by atoms with Crippen LogP contribution in [0.2, 0.25) is 0 Å². The van der Waals surface area contributed by atoms with Crippen LogP contribution in [0, 0.1) is 17.5 Å². The van der Waals surface area contributed by atoms with Gasteiger partial charge in [-0.1, -0.05) is 6.42 Å². The third kappa shape index (κ3) is 4.53. The van der Waals surface area contributed by atoms with Gasteiger partial charge in [0.25, 0.3) is 0 Å². The summed E-state index contributed by atoms with van der Waals surface area (Å²) in [6.07, 6.45) is 1.69. The van der Waals surface area contributed by atoms with Crippen molar-refractivity contribution < 1.29 is 26.4 Å². The molecule has 9 heteroatoms. The molecule has 0 unspecified atom stereocenters. The Hall–Kier alpha value is -2.39. The number of piperidine rings is 1. The van der Waals surface area contributed by atoms with Crippen molar-refractivity contribution in [3.05, 3.63) is 59.9 Å². The monoisotopic (exact) mass is 412 g/mol. The van der Waals surface area contributed by atoms with Gasteiger partial charge >= 0.3 is 0 Å². The first-order valence-corrected chi connectivity index (χ1v) is 10.2. The number of halogens is 3. The standard InChI is InChI=1S/C19H19F3N2O3S/c20-13-4-7-16(8-5-13)28(26,27)24-10-2-1-3-15(24)12-19(25)23-18-9-6-14(21)11-17(18)22/h4-9,11,15H,1-3,10,12H2,(H,23,25)/t15-/m1/s1. The van der Waals surface area contributed by atoms with E-state index >= 15 is 0 Å². The number of carbonyl (C=O) groups excluding carboxylic acids is 1. The molecule has 1 aliphatic heterocycles. The molecule has 1 atom stereocenters. The number of benzene rings is 2. The molecule has 0 radical (unpaired) electrons. The molecule has 2 aromatic rings. The van der Waals surface area contributed by atoms with E-state index in [1.165, 1.54) is 16.4 Å². The van der Waals surface area contributed by atoms with E-state index < -0.39 is 39.4 Å².